The van der Waals surface area contributed by atoms with Gasteiger partial charge in [0.1, 0.15) is 23.2 Å². The minimum Gasteiger partial charge on any atom is -0.497 e. The van der Waals surface area contributed by atoms with E-state index < -0.39 is 17.5 Å². The molecule has 2 aromatic heterocycles. The lowest BCUT2D eigenvalue weighted by molar-refractivity contribution is -0.113. The number of halogens is 2. The van der Waals surface area contributed by atoms with Crippen LogP contribution in [0, 0.1) is 11.6 Å². The quantitative estimate of drug-likeness (QED) is 0.348. The molecule has 0 bridgehead atoms. The molecule has 0 fully saturated rings. The maximum Gasteiger partial charge on any atom is 0.234 e. The number of para-hydroxylation sites is 1. The predicted octanol–water partition coefficient (Wildman–Crippen LogP) is 4.96. The van der Waals surface area contributed by atoms with Gasteiger partial charge in [-0.2, -0.15) is 0 Å². The summed E-state index contributed by atoms with van der Waals surface area (Å²) in [6.07, 6.45) is 0. The van der Waals surface area contributed by atoms with E-state index in [-0.39, 0.29) is 11.4 Å². The lowest BCUT2D eigenvalue weighted by atomic mass is 10.1. The molecule has 5 rings (SSSR count). The van der Waals surface area contributed by atoms with Crippen LogP contribution in [0.4, 0.5) is 14.5 Å². The number of aromatic nitrogens is 4. The number of hydrogen-bond acceptors (Lipinski definition) is 6. The molecule has 0 spiro atoms. The molecule has 1 amide bonds. The van der Waals surface area contributed by atoms with Crippen LogP contribution >= 0.6 is 11.8 Å². The fourth-order valence-electron chi connectivity index (χ4n) is 3.49. The van der Waals surface area contributed by atoms with E-state index in [4.69, 9.17) is 9.72 Å². The minimum atomic E-state index is -0.844. The van der Waals surface area contributed by atoms with Crippen molar-refractivity contribution in [2.75, 3.05) is 18.2 Å². The highest BCUT2D eigenvalue weighted by atomic mass is 32.2. The topological polar surface area (TPSA) is 81.4 Å². The maximum atomic E-state index is 13.9. The molecule has 170 valence electrons. The van der Waals surface area contributed by atoms with Crippen LogP contribution in [0.5, 0.6) is 5.75 Å². The molecule has 0 atom stereocenters. The van der Waals surface area contributed by atoms with E-state index in [0.29, 0.717) is 28.4 Å². The van der Waals surface area contributed by atoms with Gasteiger partial charge in [0.05, 0.1) is 24.1 Å². The van der Waals surface area contributed by atoms with E-state index in [0.717, 1.165) is 34.3 Å². The van der Waals surface area contributed by atoms with Crippen molar-refractivity contribution < 1.29 is 18.3 Å². The molecule has 1 N–H and O–H groups in total. The number of carbonyl (C=O) groups excluding carboxylic acids is 1. The number of carbonyl (C=O) groups is 1. The van der Waals surface area contributed by atoms with Gasteiger partial charge >= 0.3 is 0 Å². The fraction of sp³-hybridized carbons (Fsp3) is 0.0833. The summed E-state index contributed by atoms with van der Waals surface area (Å²) in [6, 6.07) is 18.0. The Kier molecular flexibility index (Phi) is 5.81. The molecule has 0 unspecified atom stereocenters. The first kappa shape index (κ1) is 21.8. The number of benzene rings is 3. The van der Waals surface area contributed by atoms with Crippen molar-refractivity contribution in [3.05, 3.63) is 78.4 Å². The predicted molar refractivity (Wildman–Crippen MR) is 126 cm³/mol. The van der Waals surface area contributed by atoms with Gasteiger partial charge in [0.15, 0.2) is 10.8 Å². The van der Waals surface area contributed by atoms with Gasteiger partial charge < -0.3 is 10.1 Å². The SMILES string of the molecule is COc1ccc(-c2nc3ccccc3c3nnc(SCC(=O)Nc4ccc(F)cc4F)n23)cc1. The van der Waals surface area contributed by atoms with Crippen molar-refractivity contribution in [2.45, 2.75) is 5.16 Å². The summed E-state index contributed by atoms with van der Waals surface area (Å²) in [5.41, 5.74) is 2.08. The molecule has 0 saturated carbocycles. The number of rotatable bonds is 6. The molecule has 0 aliphatic rings. The molecule has 10 heteroatoms. The number of ether oxygens (including phenoxy) is 1. The summed E-state index contributed by atoms with van der Waals surface area (Å²) in [7, 11) is 1.60. The molecule has 7 nitrogen and oxygen atoms in total. The zero-order chi connectivity index (χ0) is 23.7. The van der Waals surface area contributed by atoms with Crippen LogP contribution in [-0.4, -0.2) is 38.4 Å². The fourth-order valence-corrected chi connectivity index (χ4v) is 4.23. The summed E-state index contributed by atoms with van der Waals surface area (Å²) >= 11 is 1.13. The molecule has 5 aromatic rings. The third-order valence-electron chi connectivity index (χ3n) is 5.10. The van der Waals surface area contributed by atoms with Crippen molar-refractivity contribution in [1.29, 1.82) is 0 Å². The third kappa shape index (κ3) is 4.15. The molecule has 3 aromatic carbocycles. The molecule has 2 heterocycles. The first-order valence-electron chi connectivity index (χ1n) is 10.2. The number of amides is 1. The number of methoxy groups -OCH3 is 1. The monoisotopic (exact) mass is 477 g/mol. The Hall–Kier alpha value is -4.05. The number of nitrogens with zero attached hydrogens (tertiary/aromatic N) is 4. The Labute approximate surface area is 196 Å². The van der Waals surface area contributed by atoms with Gasteiger partial charge in [0, 0.05) is 17.0 Å². The van der Waals surface area contributed by atoms with Crippen molar-refractivity contribution in [3.63, 3.8) is 0 Å². The van der Waals surface area contributed by atoms with Crippen LogP contribution in [0.3, 0.4) is 0 Å². The van der Waals surface area contributed by atoms with Crippen LogP contribution in [0.1, 0.15) is 0 Å². The third-order valence-corrected chi connectivity index (χ3v) is 6.03. The summed E-state index contributed by atoms with van der Waals surface area (Å²) in [5, 5.41) is 12.3. The lowest BCUT2D eigenvalue weighted by Gasteiger charge is -2.10. The summed E-state index contributed by atoms with van der Waals surface area (Å²) in [5.74, 6) is -0.772. The van der Waals surface area contributed by atoms with Crippen molar-refractivity contribution in [1.82, 2.24) is 19.6 Å². The Morgan fingerprint density at radius 1 is 1.06 bits per heavy atom. The minimum absolute atomic E-state index is 0.0630. The van der Waals surface area contributed by atoms with E-state index in [2.05, 4.69) is 15.5 Å². The molecular formula is C24H17F2N5O2S. The van der Waals surface area contributed by atoms with Crippen LogP contribution in [0.25, 0.3) is 27.9 Å². The first-order valence-corrected chi connectivity index (χ1v) is 11.2. The average Bonchev–Trinajstić information content (AvgIpc) is 3.28. The van der Waals surface area contributed by atoms with Gasteiger partial charge in [-0.05, 0) is 48.5 Å². The second kappa shape index (κ2) is 9.06. The van der Waals surface area contributed by atoms with Gasteiger partial charge in [-0.3, -0.25) is 9.20 Å². The second-order valence-electron chi connectivity index (χ2n) is 7.28. The first-order chi connectivity index (χ1) is 16.5. The largest absolute Gasteiger partial charge is 0.497 e. The van der Waals surface area contributed by atoms with Gasteiger partial charge in [0.2, 0.25) is 5.91 Å². The number of hydrogen-bond donors (Lipinski definition) is 1. The highest BCUT2D eigenvalue weighted by Gasteiger charge is 2.18. The summed E-state index contributed by atoms with van der Waals surface area (Å²) in [6.45, 7) is 0. The highest BCUT2D eigenvalue weighted by Crippen LogP contribution is 2.30. The Bertz CT molecular complexity index is 1520. The number of anilines is 1. The molecular weight excluding hydrogens is 460 g/mol. The molecule has 0 radical (unpaired) electrons. The maximum absolute atomic E-state index is 13.9. The number of thioether (sulfide) groups is 1. The van der Waals surface area contributed by atoms with Crippen LogP contribution < -0.4 is 10.1 Å². The van der Waals surface area contributed by atoms with Gasteiger partial charge in [-0.15, -0.1) is 10.2 Å². The highest BCUT2D eigenvalue weighted by molar-refractivity contribution is 7.99. The average molecular weight is 477 g/mol. The van der Waals surface area contributed by atoms with Crippen molar-refractivity contribution in [2.24, 2.45) is 0 Å². The Balaban J connectivity index is 1.50. The van der Waals surface area contributed by atoms with E-state index in [1.165, 1.54) is 6.07 Å². The van der Waals surface area contributed by atoms with Crippen molar-refractivity contribution in [3.8, 4) is 17.1 Å². The lowest BCUT2D eigenvalue weighted by Crippen LogP contribution is -2.15. The van der Waals surface area contributed by atoms with Crippen LogP contribution in [-0.2, 0) is 4.79 Å². The molecule has 0 saturated heterocycles. The second-order valence-corrected chi connectivity index (χ2v) is 8.23. The Morgan fingerprint density at radius 2 is 1.85 bits per heavy atom. The van der Waals surface area contributed by atoms with E-state index in [1.54, 1.807) is 11.5 Å². The summed E-state index contributed by atoms with van der Waals surface area (Å²) < 4.78 is 34.0. The normalized spacial score (nSPS) is 11.1. The van der Waals surface area contributed by atoms with E-state index >= 15 is 0 Å². The standard InChI is InChI=1S/C24H17F2N5O2S/c1-33-16-9-6-14(7-10-16)22-28-19-5-3-2-4-17(19)23-29-30-24(31(22)23)34-13-21(32)27-20-11-8-15(25)12-18(20)26/h2-12H,13H2,1H3,(H,27,32). The van der Waals surface area contributed by atoms with Crippen LogP contribution in [0.15, 0.2) is 71.9 Å². The summed E-state index contributed by atoms with van der Waals surface area (Å²) in [4.78, 5) is 17.3. The van der Waals surface area contributed by atoms with E-state index in [9.17, 15) is 13.6 Å². The zero-order valence-corrected chi connectivity index (χ0v) is 18.6. The van der Waals surface area contributed by atoms with Gasteiger partial charge in [-0.1, -0.05) is 23.9 Å². The van der Waals surface area contributed by atoms with Gasteiger partial charge in [-0.25, -0.2) is 13.8 Å². The number of nitrogens with one attached hydrogen (secondary N) is 1. The molecule has 0 aliphatic carbocycles. The van der Waals surface area contributed by atoms with Crippen LogP contribution in [0.2, 0.25) is 0 Å². The van der Waals surface area contributed by atoms with Gasteiger partial charge in [0.25, 0.3) is 0 Å². The zero-order valence-electron chi connectivity index (χ0n) is 17.8. The molecule has 34 heavy (non-hydrogen) atoms. The molecule has 0 aliphatic heterocycles. The van der Waals surface area contributed by atoms with E-state index in [1.807, 2.05) is 48.5 Å². The van der Waals surface area contributed by atoms with Crippen molar-refractivity contribution >= 4 is 39.9 Å². The number of fused-ring (bicyclic) bond motifs is 3. The smallest absolute Gasteiger partial charge is 0.234 e. The Morgan fingerprint density at radius 3 is 2.62 bits per heavy atom.